The molecule has 0 atom stereocenters. The van der Waals surface area contributed by atoms with Crippen LogP contribution in [-0.4, -0.2) is 18.4 Å². The van der Waals surface area contributed by atoms with Crippen LogP contribution in [0.5, 0.6) is 0 Å². The first kappa shape index (κ1) is 18.3. The van der Waals surface area contributed by atoms with Gasteiger partial charge in [0.15, 0.2) is 0 Å². The van der Waals surface area contributed by atoms with E-state index in [0.717, 1.165) is 5.56 Å². The highest BCUT2D eigenvalue weighted by Gasteiger charge is 2.23. The second-order valence-electron chi connectivity index (χ2n) is 5.77. The lowest BCUT2D eigenvalue weighted by Crippen LogP contribution is -2.49. The van der Waals surface area contributed by atoms with Gasteiger partial charge in [-0.2, -0.15) is 0 Å². The number of nitrogens with one attached hydrogen (secondary N) is 2. The van der Waals surface area contributed by atoms with Gasteiger partial charge in [0.2, 0.25) is 5.91 Å². The van der Waals surface area contributed by atoms with Crippen LogP contribution in [0.4, 0.5) is 5.69 Å². The highest BCUT2D eigenvalue weighted by atomic mass is 35.5. The molecule has 1 heterocycles. The molecule has 5 nitrogen and oxygen atoms in total. The molecule has 3 rings (SSSR count). The van der Waals surface area contributed by atoms with Gasteiger partial charge < -0.3 is 5.32 Å². The maximum absolute atomic E-state index is 12.4. The van der Waals surface area contributed by atoms with Gasteiger partial charge in [0.25, 0.3) is 5.91 Å². The Morgan fingerprint density at radius 3 is 2.31 bits per heavy atom. The summed E-state index contributed by atoms with van der Waals surface area (Å²) in [6.45, 7) is 0.481. The van der Waals surface area contributed by atoms with Gasteiger partial charge in [-0.05, 0) is 54.5 Å². The summed E-state index contributed by atoms with van der Waals surface area (Å²) in [5, 5.41) is 5.46. The monoisotopic (exact) mass is 389 g/mol. The predicted molar refractivity (Wildman–Crippen MR) is 103 cm³/mol. The summed E-state index contributed by atoms with van der Waals surface area (Å²) in [6.07, 6.45) is 2.43. The van der Waals surface area contributed by atoms with E-state index in [-0.39, 0.29) is 18.2 Å². The van der Waals surface area contributed by atoms with Gasteiger partial charge in [-0.15, -0.1) is 0 Å². The van der Waals surface area contributed by atoms with Crippen molar-refractivity contribution in [1.29, 1.82) is 0 Å². The van der Waals surface area contributed by atoms with Gasteiger partial charge in [-0.25, -0.2) is 5.01 Å². The lowest BCUT2D eigenvalue weighted by atomic mass is 10.1. The number of hydrazine groups is 1. The fourth-order valence-electron chi connectivity index (χ4n) is 2.52. The van der Waals surface area contributed by atoms with Crippen LogP contribution in [0.25, 0.3) is 0 Å². The van der Waals surface area contributed by atoms with Crippen LogP contribution in [0.1, 0.15) is 12.0 Å². The zero-order valence-corrected chi connectivity index (χ0v) is 15.3. The molecule has 1 aliphatic heterocycles. The normalized spacial score (nSPS) is 13.8. The Hall–Kier alpha value is -2.50. The zero-order chi connectivity index (χ0) is 18.5. The first-order chi connectivity index (χ1) is 12.5. The van der Waals surface area contributed by atoms with E-state index < -0.39 is 0 Å². The van der Waals surface area contributed by atoms with Crippen LogP contribution in [0, 0.1) is 0 Å². The minimum Gasteiger partial charge on any atom is -0.350 e. The summed E-state index contributed by atoms with van der Waals surface area (Å²) in [6, 6.07) is 14.3. The van der Waals surface area contributed by atoms with E-state index in [0.29, 0.717) is 34.4 Å². The van der Waals surface area contributed by atoms with Crippen LogP contribution >= 0.6 is 23.2 Å². The van der Waals surface area contributed by atoms with Crippen molar-refractivity contribution in [3.63, 3.8) is 0 Å². The lowest BCUT2D eigenvalue weighted by Gasteiger charge is -2.28. The Labute approximate surface area is 161 Å². The van der Waals surface area contributed by atoms with Crippen LogP contribution in [0.3, 0.4) is 0 Å². The molecule has 26 heavy (non-hydrogen) atoms. The molecule has 0 aromatic heterocycles. The van der Waals surface area contributed by atoms with Crippen molar-refractivity contribution in [1.82, 2.24) is 10.7 Å². The Kier molecular flexibility index (Phi) is 5.81. The molecule has 0 fully saturated rings. The van der Waals surface area contributed by atoms with E-state index in [9.17, 15) is 9.59 Å². The van der Waals surface area contributed by atoms with Crippen molar-refractivity contribution in [3.05, 3.63) is 75.9 Å². The number of carbonyl (C=O) groups is 2. The molecule has 134 valence electrons. The second kappa shape index (κ2) is 8.25. The number of benzene rings is 2. The SMILES string of the molecule is O=C(NCCc1ccc(Cl)cc1)C1=CCC(=O)N(c2ccc(Cl)cc2)N1. The number of anilines is 1. The molecule has 0 radical (unpaired) electrons. The quantitative estimate of drug-likeness (QED) is 0.822. The van der Waals surface area contributed by atoms with Crippen molar-refractivity contribution in [2.24, 2.45) is 0 Å². The molecular formula is C19H17Cl2N3O2. The number of rotatable bonds is 5. The molecule has 2 N–H and O–H groups in total. The largest absolute Gasteiger partial charge is 0.350 e. The van der Waals surface area contributed by atoms with Crippen molar-refractivity contribution in [3.8, 4) is 0 Å². The van der Waals surface area contributed by atoms with Crippen molar-refractivity contribution in [2.75, 3.05) is 11.6 Å². The summed E-state index contributed by atoms with van der Waals surface area (Å²) < 4.78 is 0. The molecule has 0 saturated carbocycles. The standard InChI is InChI=1S/C19H17Cl2N3O2/c20-14-3-1-13(2-4-14)11-12-22-19(26)17-9-10-18(25)24(23-17)16-7-5-15(21)6-8-16/h1-9,23H,10-12H2,(H,22,26). The number of halogens is 2. The van der Waals surface area contributed by atoms with E-state index in [1.54, 1.807) is 30.3 Å². The Morgan fingerprint density at radius 1 is 1.04 bits per heavy atom. The lowest BCUT2D eigenvalue weighted by molar-refractivity contribution is -0.120. The topological polar surface area (TPSA) is 61.4 Å². The molecule has 0 saturated heterocycles. The van der Waals surface area contributed by atoms with Gasteiger partial charge in [-0.1, -0.05) is 35.3 Å². The molecule has 0 aliphatic carbocycles. The summed E-state index contributed by atoms with van der Waals surface area (Å²) in [4.78, 5) is 24.5. The number of hydrogen-bond acceptors (Lipinski definition) is 3. The van der Waals surface area contributed by atoms with Gasteiger partial charge in [-0.3, -0.25) is 15.0 Å². The minimum absolute atomic E-state index is 0.148. The van der Waals surface area contributed by atoms with Gasteiger partial charge in [0, 0.05) is 23.0 Å². The van der Waals surface area contributed by atoms with Crippen molar-refractivity contribution in [2.45, 2.75) is 12.8 Å². The number of hydrogen-bond donors (Lipinski definition) is 2. The Bertz CT molecular complexity index is 833. The predicted octanol–water partition coefficient (Wildman–Crippen LogP) is 3.48. The minimum atomic E-state index is -0.259. The third-order valence-corrected chi connectivity index (χ3v) is 4.41. The van der Waals surface area contributed by atoms with E-state index in [1.165, 1.54) is 5.01 Å². The molecule has 2 amide bonds. The average Bonchev–Trinajstić information content (AvgIpc) is 2.64. The average molecular weight is 390 g/mol. The summed E-state index contributed by atoms with van der Waals surface area (Å²) in [5.41, 5.74) is 4.92. The van der Waals surface area contributed by atoms with E-state index in [1.807, 2.05) is 24.3 Å². The summed E-state index contributed by atoms with van der Waals surface area (Å²) in [7, 11) is 0. The van der Waals surface area contributed by atoms with Crippen molar-refractivity contribution >= 4 is 40.7 Å². The maximum Gasteiger partial charge on any atom is 0.268 e. The van der Waals surface area contributed by atoms with E-state index in [2.05, 4.69) is 10.7 Å². The smallest absolute Gasteiger partial charge is 0.268 e. The molecule has 2 aromatic carbocycles. The number of nitrogens with zero attached hydrogens (tertiary/aromatic N) is 1. The van der Waals surface area contributed by atoms with Crippen LogP contribution < -0.4 is 15.8 Å². The third kappa shape index (κ3) is 4.56. The number of amides is 2. The maximum atomic E-state index is 12.4. The van der Waals surface area contributed by atoms with Crippen LogP contribution in [0.15, 0.2) is 60.3 Å². The van der Waals surface area contributed by atoms with Gasteiger partial charge in [0.05, 0.1) is 5.69 Å². The molecule has 7 heteroatoms. The summed E-state index contributed by atoms with van der Waals surface area (Å²) in [5.74, 6) is -0.407. The zero-order valence-electron chi connectivity index (χ0n) is 13.8. The fraction of sp³-hybridized carbons (Fsp3) is 0.158. The molecule has 1 aliphatic rings. The third-order valence-electron chi connectivity index (χ3n) is 3.90. The molecule has 0 spiro atoms. The summed E-state index contributed by atoms with van der Waals surface area (Å²) >= 11 is 11.7. The van der Waals surface area contributed by atoms with Crippen LogP contribution in [-0.2, 0) is 16.0 Å². The van der Waals surface area contributed by atoms with Gasteiger partial charge in [0.1, 0.15) is 5.70 Å². The Balaban J connectivity index is 1.58. The van der Waals surface area contributed by atoms with E-state index >= 15 is 0 Å². The molecule has 2 aromatic rings. The fourth-order valence-corrected chi connectivity index (χ4v) is 2.77. The van der Waals surface area contributed by atoms with Crippen molar-refractivity contribution < 1.29 is 9.59 Å². The second-order valence-corrected chi connectivity index (χ2v) is 6.64. The molecular weight excluding hydrogens is 373 g/mol. The first-order valence-electron chi connectivity index (χ1n) is 8.11. The van der Waals surface area contributed by atoms with Gasteiger partial charge >= 0.3 is 0 Å². The first-order valence-corrected chi connectivity index (χ1v) is 8.86. The molecule has 0 bridgehead atoms. The Morgan fingerprint density at radius 2 is 1.65 bits per heavy atom. The molecule has 0 unspecified atom stereocenters. The number of carbonyl (C=O) groups excluding carboxylic acids is 2. The highest BCUT2D eigenvalue weighted by molar-refractivity contribution is 6.30. The highest BCUT2D eigenvalue weighted by Crippen LogP contribution is 2.20. The van der Waals surface area contributed by atoms with E-state index in [4.69, 9.17) is 23.2 Å². The van der Waals surface area contributed by atoms with Crippen LogP contribution in [0.2, 0.25) is 10.0 Å².